The summed E-state index contributed by atoms with van der Waals surface area (Å²) in [5.41, 5.74) is 1.65. The van der Waals surface area contributed by atoms with Crippen molar-refractivity contribution in [2.75, 3.05) is 44.3 Å². The number of hydrogen-bond donors (Lipinski definition) is 0. The number of nitrogens with zero attached hydrogens (tertiary/aromatic N) is 4. The highest BCUT2D eigenvalue weighted by Crippen LogP contribution is 2.39. The number of para-hydroxylation sites is 1. The number of anilines is 1. The molecule has 38 heavy (non-hydrogen) atoms. The van der Waals surface area contributed by atoms with E-state index in [1.807, 2.05) is 53.1 Å². The minimum Gasteiger partial charge on any atom is -0.342 e. The van der Waals surface area contributed by atoms with Crippen molar-refractivity contribution in [2.24, 2.45) is 5.92 Å². The fraction of sp³-hybridized carbons (Fsp3) is 0.516. The summed E-state index contributed by atoms with van der Waals surface area (Å²) < 4.78 is 0. The first-order valence-electron chi connectivity index (χ1n) is 14.2. The van der Waals surface area contributed by atoms with Crippen molar-refractivity contribution in [1.29, 1.82) is 0 Å². The SMILES string of the molecule is CCCC(=O)N1CCC2(CC1)C(=O)N(CC(=O)N1CCC(Cc3ccccc3)CC1)CN2c1ccccc1. The number of carbonyl (C=O) groups excluding carboxylic acids is 3. The zero-order valence-corrected chi connectivity index (χ0v) is 22.6. The third-order valence-electron chi connectivity index (χ3n) is 8.65. The smallest absolute Gasteiger partial charge is 0.250 e. The van der Waals surface area contributed by atoms with Gasteiger partial charge in [0.2, 0.25) is 11.8 Å². The monoisotopic (exact) mass is 516 g/mol. The largest absolute Gasteiger partial charge is 0.342 e. The summed E-state index contributed by atoms with van der Waals surface area (Å²) in [6.45, 7) is 5.19. The summed E-state index contributed by atoms with van der Waals surface area (Å²) in [6, 6.07) is 20.6. The molecule has 0 N–H and O–H groups in total. The van der Waals surface area contributed by atoms with E-state index < -0.39 is 5.54 Å². The molecular weight excluding hydrogens is 476 g/mol. The number of rotatable bonds is 7. The minimum atomic E-state index is -0.701. The average Bonchev–Trinajstić information content (AvgIpc) is 3.21. The van der Waals surface area contributed by atoms with Gasteiger partial charge in [-0.3, -0.25) is 14.4 Å². The standard InChI is InChI=1S/C31H40N4O3/c1-2-9-28(36)33-20-16-31(17-21-33)30(38)34(24-35(31)27-12-7-4-8-13-27)23-29(37)32-18-14-26(15-19-32)22-25-10-5-3-6-11-25/h3-8,10-13,26H,2,9,14-24H2,1H3. The van der Waals surface area contributed by atoms with Gasteiger partial charge in [-0.1, -0.05) is 55.5 Å². The van der Waals surface area contributed by atoms with Crippen LogP contribution in [-0.2, 0) is 20.8 Å². The fourth-order valence-corrected chi connectivity index (χ4v) is 6.42. The molecule has 0 radical (unpaired) electrons. The quantitative estimate of drug-likeness (QED) is 0.559. The molecule has 3 aliphatic heterocycles. The first kappa shape index (κ1) is 26.3. The summed E-state index contributed by atoms with van der Waals surface area (Å²) >= 11 is 0. The Hall–Kier alpha value is -3.35. The highest BCUT2D eigenvalue weighted by atomic mass is 16.2. The highest BCUT2D eigenvalue weighted by molar-refractivity contribution is 5.96. The molecule has 2 aromatic carbocycles. The molecule has 0 aromatic heterocycles. The molecule has 0 saturated carbocycles. The Labute approximate surface area is 226 Å². The molecule has 0 unspecified atom stereocenters. The fourth-order valence-electron chi connectivity index (χ4n) is 6.42. The average molecular weight is 517 g/mol. The Morgan fingerprint density at radius 3 is 2.08 bits per heavy atom. The second-order valence-corrected chi connectivity index (χ2v) is 11.1. The van der Waals surface area contributed by atoms with Gasteiger partial charge in [-0.2, -0.15) is 0 Å². The molecule has 1 spiro atoms. The number of piperidine rings is 2. The lowest BCUT2D eigenvalue weighted by Gasteiger charge is -2.43. The van der Waals surface area contributed by atoms with E-state index in [9.17, 15) is 14.4 Å². The maximum absolute atomic E-state index is 14.0. The molecule has 3 aliphatic rings. The van der Waals surface area contributed by atoms with Crippen LogP contribution in [0.25, 0.3) is 0 Å². The zero-order valence-electron chi connectivity index (χ0n) is 22.6. The molecule has 0 aliphatic carbocycles. The maximum Gasteiger partial charge on any atom is 0.250 e. The van der Waals surface area contributed by atoms with Gasteiger partial charge in [0.15, 0.2) is 0 Å². The first-order valence-corrected chi connectivity index (χ1v) is 14.2. The van der Waals surface area contributed by atoms with E-state index in [0.717, 1.165) is 44.5 Å². The van der Waals surface area contributed by atoms with E-state index in [-0.39, 0.29) is 24.3 Å². The molecule has 3 amide bonds. The third-order valence-corrected chi connectivity index (χ3v) is 8.65. The van der Waals surface area contributed by atoms with Gasteiger partial charge in [0.05, 0.1) is 6.67 Å². The van der Waals surface area contributed by atoms with Crippen molar-refractivity contribution in [1.82, 2.24) is 14.7 Å². The van der Waals surface area contributed by atoms with Crippen LogP contribution in [0.3, 0.4) is 0 Å². The summed E-state index contributed by atoms with van der Waals surface area (Å²) in [5, 5.41) is 0. The first-order chi connectivity index (χ1) is 18.5. The van der Waals surface area contributed by atoms with Crippen molar-refractivity contribution in [3.05, 3.63) is 66.2 Å². The number of amides is 3. The van der Waals surface area contributed by atoms with E-state index in [1.165, 1.54) is 5.56 Å². The van der Waals surface area contributed by atoms with Crippen molar-refractivity contribution >= 4 is 23.4 Å². The van der Waals surface area contributed by atoms with Crippen LogP contribution in [0.2, 0.25) is 0 Å². The van der Waals surface area contributed by atoms with Gasteiger partial charge in [0.25, 0.3) is 5.91 Å². The molecule has 2 aromatic rings. The molecule has 3 fully saturated rings. The van der Waals surface area contributed by atoms with Crippen LogP contribution in [0.4, 0.5) is 5.69 Å². The molecule has 202 valence electrons. The summed E-state index contributed by atoms with van der Waals surface area (Å²) in [6.07, 6.45) is 5.60. The van der Waals surface area contributed by atoms with Gasteiger partial charge in [0, 0.05) is 38.3 Å². The Bertz CT molecular complexity index is 1110. The van der Waals surface area contributed by atoms with E-state index in [2.05, 4.69) is 29.2 Å². The lowest BCUT2D eigenvalue weighted by Crippen LogP contribution is -2.57. The number of carbonyl (C=O) groups is 3. The van der Waals surface area contributed by atoms with Crippen LogP contribution >= 0.6 is 0 Å². The summed E-state index contributed by atoms with van der Waals surface area (Å²) in [5.74, 6) is 0.822. The van der Waals surface area contributed by atoms with Crippen molar-refractivity contribution < 1.29 is 14.4 Å². The van der Waals surface area contributed by atoms with Gasteiger partial charge < -0.3 is 19.6 Å². The highest BCUT2D eigenvalue weighted by Gasteiger charge is 2.54. The molecule has 0 atom stereocenters. The van der Waals surface area contributed by atoms with Crippen LogP contribution in [0.15, 0.2) is 60.7 Å². The zero-order chi connectivity index (χ0) is 26.5. The van der Waals surface area contributed by atoms with E-state index in [0.29, 0.717) is 44.9 Å². The van der Waals surface area contributed by atoms with Crippen LogP contribution in [-0.4, -0.2) is 77.4 Å². The molecule has 0 bridgehead atoms. The molecule has 3 saturated heterocycles. The topological polar surface area (TPSA) is 64.2 Å². The predicted molar refractivity (Wildman–Crippen MR) is 148 cm³/mol. The molecule has 7 heteroatoms. The van der Waals surface area contributed by atoms with Crippen molar-refractivity contribution in [3.8, 4) is 0 Å². The van der Waals surface area contributed by atoms with Gasteiger partial charge in [0.1, 0.15) is 12.1 Å². The van der Waals surface area contributed by atoms with E-state index in [1.54, 1.807) is 4.90 Å². The lowest BCUT2D eigenvalue weighted by molar-refractivity contribution is -0.142. The predicted octanol–water partition coefficient (Wildman–Crippen LogP) is 3.94. The summed E-state index contributed by atoms with van der Waals surface area (Å²) in [4.78, 5) is 47.6. The summed E-state index contributed by atoms with van der Waals surface area (Å²) in [7, 11) is 0. The second-order valence-electron chi connectivity index (χ2n) is 11.1. The minimum absolute atomic E-state index is 0.0243. The molecule has 5 rings (SSSR count). The number of hydrogen-bond acceptors (Lipinski definition) is 4. The molecular formula is C31H40N4O3. The van der Waals surface area contributed by atoms with Gasteiger partial charge >= 0.3 is 0 Å². The third kappa shape index (κ3) is 5.42. The van der Waals surface area contributed by atoms with Crippen LogP contribution in [0.5, 0.6) is 0 Å². The van der Waals surface area contributed by atoms with Gasteiger partial charge in [-0.15, -0.1) is 0 Å². The Kier molecular flexibility index (Phi) is 8.01. The normalized spacial score (nSPS) is 19.9. The Morgan fingerprint density at radius 2 is 1.45 bits per heavy atom. The van der Waals surface area contributed by atoms with E-state index >= 15 is 0 Å². The van der Waals surface area contributed by atoms with E-state index in [4.69, 9.17) is 0 Å². The lowest BCUT2D eigenvalue weighted by atomic mass is 9.85. The van der Waals surface area contributed by atoms with Crippen LogP contribution in [0, 0.1) is 5.92 Å². The number of likely N-dealkylation sites (tertiary alicyclic amines) is 2. The van der Waals surface area contributed by atoms with Crippen molar-refractivity contribution in [2.45, 2.75) is 57.4 Å². The second kappa shape index (κ2) is 11.6. The maximum atomic E-state index is 14.0. The Balaban J connectivity index is 1.23. The van der Waals surface area contributed by atoms with Crippen molar-refractivity contribution in [3.63, 3.8) is 0 Å². The van der Waals surface area contributed by atoms with Crippen LogP contribution in [0.1, 0.15) is 51.0 Å². The van der Waals surface area contributed by atoms with Crippen LogP contribution < -0.4 is 4.90 Å². The Morgan fingerprint density at radius 1 is 0.842 bits per heavy atom. The number of benzene rings is 2. The van der Waals surface area contributed by atoms with Gasteiger partial charge in [-0.05, 0) is 62.1 Å². The molecule has 7 nitrogen and oxygen atoms in total. The van der Waals surface area contributed by atoms with Gasteiger partial charge in [-0.25, -0.2) is 0 Å². The molecule has 3 heterocycles.